The third kappa shape index (κ3) is 5.43. The highest BCUT2D eigenvalue weighted by atomic mass is 32.1. The number of aliphatic hydroxyl groups excluding tert-OH is 1. The lowest BCUT2D eigenvalue weighted by atomic mass is 10.0. The molecule has 0 spiro atoms. The third-order valence-corrected chi connectivity index (χ3v) is 10.3. The molecule has 3 heterocycles. The van der Waals surface area contributed by atoms with Crippen LogP contribution in [0.1, 0.15) is 56.8 Å². The van der Waals surface area contributed by atoms with Gasteiger partial charge in [0.1, 0.15) is 33.4 Å². The van der Waals surface area contributed by atoms with Crippen LogP contribution in [0.25, 0.3) is 21.0 Å². The number of hydrogen-bond donors (Lipinski definition) is 2. The summed E-state index contributed by atoms with van der Waals surface area (Å²) in [6.07, 6.45) is -1.88. The SMILES string of the molecule is COc1ccccc1C(Cn1c(=O)n(C(C)(C)C(=O)O)c(=O)c2c(C(F)(F)F)c(-c3ncco3)sc21)OC1CC2CC(O)C[C@H]2C1. The van der Waals surface area contributed by atoms with E-state index in [-0.39, 0.29) is 35.4 Å². The van der Waals surface area contributed by atoms with E-state index in [9.17, 15) is 37.8 Å². The Morgan fingerprint density at radius 1 is 1.15 bits per heavy atom. The summed E-state index contributed by atoms with van der Waals surface area (Å²) in [5.74, 6) is -1.09. The van der Waals surface area contributed by atoms with E-state index >= 15 is 0 Å². The molecule has 0 amide bonds. The topological polar surface area (TPSA) is 146 Å². The van der Waals surface area contributed by atoms with Gasteiger partial charge in [-0.05, 0) is 57.4 Å². The molecule has 2 saturated carbocycles. The normalized spacial score (nSPS) is 22.3. The molecule has 2 aliphatic carbocycles. The number of para-hydroxylation sites is 1. The minimum atomic E-state index is -5.10. The molecule has 11 nitrogen and oxygen atoms in total. The van der Waals surface area contributed by atoms with E-state index < -0.39 is 56.8 Å². The lowest BCUT2D eigenvalue weighted by Gasteiger charge is -2.27. The number of alkyl halides is 3. The lowest BCUT2D eigenvalue weighted by Crippen LogP contribution is -2.53. The van der Waals surface area contributed by atoms with Crippen LogP contribution >= 0.6 is 11.3 Å². The van der Waals surface area contributed by atoms with Gasteiger partial charge in [0.25, 0.3) is 5.56 Å². The van der Waals surface area contributed by atoms with Crippen molar-refractivity contribution in [3.63, 3.8) is 0 Å². The predicted octanol–water partition coefficient (Wildman–Crippen LogP) is 5.03. The molecule has 46 heavy (non-hydrogen) atoms. The van der Waals surface area contributed by atoms with Gasteiger partial charge < -0.3 is 24.1 Å². The van der Waals surface area contributed by atoms with Gasteiger partial charge in [0.2, 0.25) is 5.89 Å². The maximum Gasteiger partial charge on any atom is 0.418 e. The summed E-state index contributed by atoms with van der Waals surface area (Å²) in [5, 5.41) is 19.2. The molecule has 2 fully saturated rings. The number of nitrogens with zero attached hydrogens (tertiary/aromatic N) is 3. The molecule has 1 aromatic carbocycles. The van der Waals surface area contributed by atoms with E-state index in [4.69, 9.17) is 13.9 Å². The minimum absolute atomic E-state index is 0.251. The Kier molecular flexibility index (Phi) is 8.13. The molecule has 0 aliphatic heterocycles. The summed E-state index contributed by atoms with van der Waals surface area (Å²) in [6.45, 7) is 1.77. The lowest BCUT2D eigenvalue weighted by molar-refractivity contribution is -0.146. The summed E-state index contributed by atoms with van der Waals surface area (Å²) < 4.78 is 63.0. The number of ether oxygens (including phenoxy) is 2. The molecule has 6 rings (SSSR count). The Labute approximate surface area is 263 Å². The van der Waals surface area contributed by atoms with Crippen LogP contribution in [-0.4, -0.2) is 49.6 Å². The Morgan fingerprint density at radius 2 is 1.83 bits per heavy atom. The zero-order chi connectivity index (χ0) is 33.1. The molecule has 15 heteroatoms. The maximum absolute atomic E-state index is 14.8. The summed E-state index contributed by atoms with van der Waals surface area (Å²) in [5.41, 5.74) is -5.60. The number of carboxylic acid groups (broad SMARTS) is 1. The van der Waals surface area contributed by atoms with Crippen LogP contribution in [0.5, 0.6) is 5.75 Å². The van der Waals surface area contributed by atoms with Crippen molar-refractivity contribution in [1.82, 2.24) is 14.1 Å². The third-order valence-electron chi connectivity index (χ3n) is 9.10. The van der Waals surface area contributed by atoms with E-state index in [0.29, 0.717) is 52.9 Å². The number of oxazole rings is 1. The number of carboxylic acids is 1. The molecule has 0 bridgehead atoms. The first-order chi connectivity index (χ1) is 21.7. The molecule has 5 atom stereocenters. The van der Waals surface area contributed by atoms with Crippen molar-refractivity contribution in [1.29, 1.82) is 0 Å². The highest BCUT2D eigenvalue weighted by molar-refractivity contribution is 7.22. The van der Waals surface area contributed by atoms with Crippen molar-refractivity contribution in [3.05, 3.63) is 68.7 Å². The first-order valence-electron chi connectivity index (χ1n) is 14.7. The van der Waals surface area contributed by atoms with Crippen LogP contribution in [0.3, 0.4) is 0 Å². The molecule has 0 radical (unpaired) electrons. The number of fused-ring (bicyclic) bond motifs is 2. The van der Waals surface area contributed by atoms with Crippen molar-refractivity contribution >= 4 is 27.5 Å². The van der Waals surface area contributed by atoms with Gasteiger partial charge in [-0.15, -0.1) is 11.3 Å². The summed E-state index contributed by atoms with van der Waals surface area (Å²) >= 11 is 0.506. The second kappa shape index (κ2) is 11.7. The van der Waals surface area contributed by atoms with E-state index in [1.807, 2.05) is 0 Å². The molecule has 246 valence electrons. The number of methoxy groups -OCH3 is 1. The second-order valence-corrected chi connectivity index (χ2v) is 13.3. The summed E-state index contributed by atoms with van der Waals surface area (Å²) in [6, 6.07) is 6.87. The zero-order valence-electron chi connectivity index (χ0n) is 25.1. The molecule has 3 aromatic heterocycles. The van der Waals surface area contributed by atoms with Gasteiger partial charge in [0.05, 0.1) is 43.0 Å². The van der Waals surface area contributed by atoms with Crippen LogP contribution in [0.2, 0.25) is 0 Å². The number of aromatic nitrogens is 3. The largest absolute Gasteiger partial charge is 0.496 e. The highest BCUT2D eigenvalue weighted by Gasteiger charge is 2.45. The van der Waals surface area contributed by atoms with E-state index in [2.05, 4.69) is 4.98 Å². The first kappa shape index (κ1) is 32.0. The molecule has 2 aliphatic rings. The monoisotopic (exact) mass is 663 g/mol. The smallest absolute Gasteiger partial charge is 0.418 e. The average molecular weight is 664 g/mol. The van der Waals surface area contributed by atoms with Crippen LogP contribution in [0, 0.1) is 11.8 Å². The summed E-state index contributed by atoms with van der Waals surface area (Å²) in [4.78, 5) is 43.4. The van der Waals surface area contributed by atoms with Crippen molar-refractivity contribution in [2.24, 2.45) is 11.8 Å². The molecular formula is C31H32F3N3O8S. The molecule has 4 unspecified atom stereocenters. The quantitative estimate of drug-likeness (QED) is 0.252. The Morgan fingerprint density at radius 3 is 2.41 bits per heavy atom. The predicted molar refractivity (Wildman–Crippen MR) is 160 cm³/mol. The van der Waals surface area contributed by atoms with E-state index in [1.54, 1.807) is 24.3 Å². The number of carbonyl (C=O) groups is 1. The van der Waals surface area contributed by atoms with Crippen molar-refractivity contribution in [2.45, 2.75) is 76.1 Å². The van der Waals surface area contributed by atoms with E-state index in [0.717, 1.165) is 30.9 Å². The first-order valence-corrected chi connectivity index (χ1v) is 15.5. The van der Waals surface area contributed by atoms with Crippen LogP contribution in [0.15, 0.2) is 50.7 Å². The maximum atomic E-state index is 14.8. The minimum Gasteiger partial charge on any atom is -0.496 e. The van der Waals surface area contributed by atoms with Gasteiger partial charge in [-0.25, -0.2) is 19.1 Å². The van der Waals surface area contributed by atoms with E-state index in [1.165, 1.54) is 7.11 Å². The highest BCUT2D eigenvalue weighted by Crippen LogP contribution is 2.48. The second-order valence-electron chi connectivity index (χ2n) is 12.3. The van der Waals surface area contributed by atoms with Gasteiger partial charge in [-0.2, -0.15) is 13.2 Å². The molecular weight excluding hydrogens is 631 g/mol. The number of aliphatic hydroxyl groups is 1. The van der Waals surface area contributed by atoms with Gasteiger partial charge in [0, 0.05) is 5.56 Å². The zero-order valence-corrected chi connectivity index (χ0v) is 25.9. The van der Waals surface area contributed by atoms with Gasteiger partial charge in [0.15, 0.2) is 0 Å². The summed E-state index contributed by atoms with van der Waals surface area (Å²) in [7, 11) is 1.45. The number of benzene rings is 1. The van der Waals surface area contributed by atoms with Crippen molar-refractivity contribution in [3.8, 4) is 16.5 Å². The van der Waals surface area contributed by atoms with Gasteiger partial charge in [-0.3, -0.25) is 9.36 Å². The average Bonchev–Trinajstić information content (AvgIpc) is 3.77. The molecule has 2 N–H and O–H groups in total. The number of rotatable bonds is 9. The van der Waals surface area contributed by atoms with Crippen LogP contribution < -0.4 is 16.0 Å². The fraction of sp³-hybridized carbons (Fsp3) is 0.484. The fourth-order valence-corrected chi connectivity index (χ4v) is 8.16. The number of halogens is 3. The Bertz CT molecular complexity index is 1880. The Hall–Kier alpha value is -3.95. The number of thiophene rings is 1. The van der Waals surface area contributed by atoms with Gasteiger partial charge >= 0.3 is 17.8 Å². The van der Waals surface area contributed by atoms with Gasteiger partial charge in [-0.1, -0.05) is 18.2 Å². The molecule has 4 aromatic rings. The van der Waals surface area contributed by atoms with Crippen LogP contribution in [-0.2, 0) is 27.8 Å². The number of aliphatic carboxylic acids is 1. The number of hydrogen-bond acceptors (Lipinski definition) is 9. The Balaban J connectivity index is 1.59. The standard InChI is InChI=1S/C31H32F3N3O8S/c1-30(2,28(40)41)37-26(39)22-23(31(32,33)34)24(25-35-8-9-44-25)46-27(22)36(29(37)42)14-21(19-6-4-5-7-20(19)43-3)45-18-12-15-10-17(38)11-16(15)13-18/h4-9,15-18,21,38H,10-14H2,1-3H3,(H,40,41)/t15-,16?,17?,18?,21?/m0/s1. The van der Waals surface area contributed by atoms with Crippen LogP contribution in [0.4, 0.5) is 13.2 Å². The van der Waals surface area contributed by atoms with Crippen molar-refractivity contribution in [2.75, 3.05) is 7.11 Å². The fourth-order valence-electron chi connectivity index (χ4n) is 6.91. The molecule has 0 saturated heterocycles. The van der Waals surface area contributed by atoms with Crippen molar-refractivity contribution < 1.29 is 42.1 Å².